The number of nitrogens with one attached hydrogen (secondary N) is 1. The highest BCUT2D eigenvalue weighted by Gasteiger charge is 2.47. The van der Waals surface area contributed by atoms with Gasteiger partial charge >= 0.3 is 6.09 Å². The summed E-state index contributed by atoms with van der Waals surface area (Å²) >= 11 is 6.11. The number of hydrogen-bond donors (Lipinski definition) is 1. The number of carbonyl (C=O) groups is 1. The first kappa shape index (κ1) is 30.1. The van der Waals surface area contributed by atoms with Crippen molar-refractivity contribution < 1.29 is 14.0 Å². The molecule has 1 saturated carbocycles. The third-order valence-electron chi connectivity index (χ3n) is 8.43. The van der Waals surface area contributed by atoms with Crippen LogP contribution in [-0.2, 0) is 9.16 Å². The number of hydrogen-bond acceptors (Lipinski definition) is 4. The van der Waals surface area contributed by atoms with Gasteiger partial charge in [0.2, 0.25) is 0 Å². The van der Waals surface area contributed by atoms with Gasteiger partial charge in [-0.2, -0.15) is 0 Å². The fourth-order valence-corrected chi connectivity index (χ4v) is 7.35. The van der Waals surface area contributed by atoms with Crippen LogP contribution in [0.2, 0.25) is 18.1 Å². The van der Waals surface area contributed by atoms with E-state index in [0.29, 0.717) is 24.4 Å². The van der Waals surface area contributed by atoms with Gasteiger partial charge in [-0.15, -0.1) is 0 Å². The second kappa shape index (κ2) is 12.2. The maximum Gasteiger partial charge on any atom is 0.407 e. The molecule has 7 heteroatoms. The monoisotopic (exact) mass is 546 g/mol. The highest BCUT2D eigenvalue weighted by Crippen LogP contribution is 2.47. The van der Waals surface area contributed by atoms with Gasteiger partial charge in [-0.1, -0.05) is 76.2 Å². The average molecular weight is 547 g/mol. The summed E-state index contributed by atoms with van der Waals surface area (Å²) in [6, 6.07) is 11.1. The van der Waals surface area contributed by atoms with Crippen molar-refractivity contribution in [2.45, 2.75) is 116 Å². The van der Waals surface area contributed by atoms with Crippen LogP contribution >= 0.6 is 12.2 Å². The molecule has 208 valence electrons. The molecule has 1 amide bonds. The summed E-state index contributed by atoms with van der Waals surface area (Å²) in [4.78, 5) is 15.7. The average Bonchev–Trinajstić information content (AvgIpc) is 3.06. The molecule has 2 aliphatic rings. The van der Waals surface area contributed by atoms with Crippen LogP contribution in [0.3, 0.4) is 0 Å². The van der Waals surface area contributed by atoms with E-state index in [4.69, 9.17) is 21.4 Å². The molecule has 0 aromatic heterocycles. The van der Waals surface area contributed by atoms with Crippen LogP contribution in [0.5, 0.6) is 0 Å². The summed E-state index contributed by atoms with van der Waals surface area (Å²) in [6.45, 7) is 18.7. The lowest BCUT2D eigenvalue weighted by Gasteiger charge is -2.41. The van der Waals surface area contributed by atoms with Gasteiger partial charge in [0, 0.05) is 25.0 Å². The highest BCUT2D eigenvalue weighted by molar-refractivity contribution is 7.80. The Labute approximate surface area is 232 Å². The molecular formula is C30H50N2O3SSi. The largest absolute Gasteiger partial charge is 0.444 e. The molecule has 1 aromatic rings. The first-order valence-electron chi connectivity index (χ1n) is 14.2. The number of benzene rings is 1. The zero-order chi connectivity index (χ0) is 27.4. The Hall–Kier alpha value is -1.44. The van der Waals surface area contributed by atoms with E-state index in [0.717, 1.165) is 24.4 Å². The number of ether oxygens (including phenoxy) is 1. The molecule has 4 atom stereocenters. The van der Waals surface area contributed by atoms with Gasteiger partial charge in [0.1, 0.15) is 5.60 Å². The highest BCUT2D eigenvalue weighted by atomic mass is 32.1. The minimum atomic E-state index is -1.98. The molecular weight excluding hydrogens is 496 g/mol. The molecule has 0 bridgehead atoms. The van der Waals surface area contributed by atoms with Crippen LogP contribution in [-0.4, -0.2) is 49.0 Å². The van der Waals surface area contributed by atoms with Crippen molar-refractivity contribution in [1.29, 1.82) is 0 Å². The number of nitrogens with zero attached hydrogens (tertiary/aromatic N) is 1. The van der Waals surface area contributed by atoms with Crippen LogP contribution in [0, 0.1) is 11.8 Å². The Bertz CT molecular complexity index is 910. The Kier molecular flexibility index (Phi) is 9.90. The number of carbonyl (C=O) groups excluding carboxylic acids is 1. The normalized spacial score (nSPS) is 23.5. The molecule has 3 rings (SSSR count). The van der Waals surface area contributed by atoms with E-state index in [1.54, 1.807) is 0 Å². The van der Waals surface area contributed by atoms with Crippen LogP contribution in [0.15, 0.2) is 30.3 Å². The number of thiocarbonyl (C=S) groups is 1. The summed E-state index contributed by atoms with van der Waals surface area (Å²) in [5.74, 6) is 1.09. The first-order valence-corrected chi connectivity index (χ1v) is 17.5. The van der Waals surface area contributed by atoms with Crippen LogP contribution in [0.4, 0.5) is 4.79 Å². The maximum absolute atomic E-state index is 12.1. The Morgan fingerprint density at radius 3 is 2.38 bits per heavy atom. The van der Waals surface area contributed by atoms with E-state index < -0.39 is 13.9 Å². The lowest BCUT2D eigenvalue weighted by Crippen LogP contribution is -2.44. The van der Waals surface area contributed by atoms with Crippen LogP contribution in [0.25, 0.3) is 0 Å². The topological polar surface area (TPSA) is 50.8 Å². The predicted octanol–water partition coefficient (Wildman–Crippen LogP) is 7.87. The predicted molar refractivity (Wildman–Crippen MR) is 159 cm³/mol. The Morgan fingerprint density at radius 2 is 1.76 bits per heavy atom. The molecule has 0 spiro atoms. The zero-order valence-electron chi connectivity index (χ0n) is 24.4. The third kappa shape index (κ3) is 8.03. The van der Waals surface area contributed by atoms with Crippen molar-refractivity contribution in [3.05, 3.63) is 35.9 Å². The summed E-state index contributed by atoms with van der Waals surface area (Å²) in [7, 11) is -1.98. The number of likely N-dealkylation sites (tertiary alicyclic amines) is 1. The quantitative estimate of drug-likeness (QED) is 0.194. The number of alkyl carbamates (subject to hydrolysis) is 1. The smallest absolute Gasteiger partial charge is 0.407 e. The lowest BCUT2D eigenvalue weighted by molar-refractivity contribution is 0.0525. The fourth-order valence-electron chi connectivity index (χ4n) is 5.54. The van der Waals surface area contributed by atoms with Gasteiger partial charge in [0.15, 0.2) is 8.32 Å². The van der Waals surface area contributed by atoms with Crippen molar-refractivity contribution in [3.63, 3.8) is 0 Å². The van der Waals surface area contributed by atoms with Crippen molar-refractivity contribution in [2.75, 3.05) is 13.1 Å². The molecule has 0 radical (unpaired) electrons. The molecule has 2 fully saturated rings. The minimum Gasteiger partial charge on any atom is -0.444 e. The number of fused-ring (bicyclic) bond motifs is 1. The van der Waals surface area contributed by atoms with Gasteiger partial charge in [0.25, 0.3) is 0 Å². The first-order chi connectivity index (χ1) is 17.2. The summed E-state index contributed by atoms with van der Waals surface area (Å²) in [5.41, 5.74) is 0.780. The number of amides is 1. The summed E-state index contributed by atoms with van der Waals surface area (Å²) < 4.78 is 12.5. The molecule has 0 unspecified atom stereocenters. The van der Waals surface area contributed by atoms with E-state index in [1.165, 1.54) is 31.2 Å². The van der Waals surface area contributed by atoms with Gasteiger partial charge in [-0.25, -0.2) is 4.79 Å². The van der Waals surface area contributed by atoms with Gasteiger partial charge in [-0.05, 0) is 76.1 Å². The molecule has 1 N–H and O–H groups in total. The molecule has 1 saturated heterocycles. The maximum atomic E-state index is 12.1. The van der Waals surface area contributed by atoms with Crippen molar-refractivity contribution in [3.8, 4) is 0 Å². The van der Waals surface area contributed by atoms with Crippen molar-refractivity contribution in [1.82, 2.24) is 10.2 Å². The fraction of sp³-hybridized carbons (Fsp3) is 0.733. The molecule has 1 heterocycles. The molecule has 1 aromatic carbocycles. The standard InChI is InChI=1S/C30H50N2O3SSi/c1-29(2,3)34-28(33)31-19-14-20-32-25(23-17-12-13-18-24(23)27(32)36)21-26(22-15-10-9-11-16-22)35-37(7,8)30(4,5)6/h9-11,15-16,23-26H,12-14,17-21H2,1-8H3,(H,31,33)/t23-,24+,25+,26+/m1/s1. The summed E-state index contributed by atoms with van der Waals surface area (Å²) in [5, 5.41) is 3.06. The number of rotatable bonds is 9. The van der Waals surface area contributed by atoms with Crippen LogP contribution < -0.4 is 5.32 Å². The van der Waals surface area contributed by atoms with Crippen LogP contribution in [0.1, 0.15) is 91.7 Å². The van der Waals surface area contributed by atoms with E-state index in [-0.39, 0.29) is 17.2 Å². The van der Waals surface area contributed by atoms with Gasteiger partial charge < -0.3 is 19.4 Å². The van der Waals surface area contributed by atoms with E-state index >= 15 is 0 Å². The molecule has 1 aliphatic carbocycles. The SMILES string of the molecule is CC(C)(C)OC(=O)NCCCN1C(=S)[C@H]2CCCC[C@H]2[C@@H]1C[C@H](O[Si](C)(C)C(C)(C)C)c1ccccc1. The van der Waals surface area contributed by atoms with Gasteiger partial charge in [-0.3, -0.25) is 0 Å². The van der Waals surface area contributed by atoms with E-state index in [9.17, 15) is 4.79 Å². The van der Waals surface area contributed by atoms with Crippen molar-refractivity contribution in [2.24, 2.45) is 11.8 Å². The van der Waals surface area contributed by atoms with E-state index in [1.807, 2.05) is 20.8 Å². The second-order valence-electron chi connectivity index (χ2n) is 13.4. The molecule has 37 heavy (non-hydrogen) atoms. The minimum absolute atomic E-state index is 0.0537. The van der Waals surface area contributed by atoms with E-state index in [2.05, 4.69) is 74.4 Å². The molecule has 5 nitrogen and oxygen atoms in total. The molecule has 1 aliphatic heterocycles. The lowest BCUT2D eigenvalue weighted by atomic mass is 9.77. The zero-order valence-corrected chi connectivity index (χ0v) is 26.2. The van der Waals surface area contributed by atoms with Gasteiger partial charge in [0.05, 0.1) is 11.1 Å². The third-order valence-corrected chi connectivity index (χ3v) is 13.5. The summed E-state index contributed by atoms with van der Waals surface area (Å²) in [6.07, 6.45) is 6.49. The second-order valence-corrected chi connectivity index (χ2v) is 18.6. The van der Waals surface area contributed by atoms with Crippen molar-refractivity contribution >= 4 is 31.6 Å². The Balaban J connectivity index is 1.77. The Morgan fingerprint density at radius 1 is 1.11 bits per heavy atom.